The molecule has 1 saturated heterocycles. The molecule has 1 fully saturated rings. The van der Waals surface area contributed by atoms with Crippen LogP contribution in [0.2, 0.25) is 0 Å². The summed E-state index contributed by atoms with van der Waals surface area (Å²) in [4.78, 5) is 17.1. The third-order valence-corrected chi connectivity index (χ3v) is 3.00. The average molecular weight is 204 g/mol. The van der Waals surface area contributed by atoms with Gasteiger partial charge in [-0.25, -0.2) is 0 Å². The number of carbonyl (C=O) groups is 1. The van der Waals surface area contributed by atoms with Crippen LogP contribution in [-0.4, -0.2) is 22.8 Å². The minimum atomic E-state index is 0.240. The van der Waals surface area contributed by atoms with Crippen molar-refractivity contribution in [2.24, 2.45) is 0 Å². The maximum Gasteiger partial charge on any atom is 0.210 e. The normalized spacial score (nSPS) is 21.4. The van der Waals surface area contributed by atoms with E-state index in [0.717, 1.165) is 37.1 Å². The predicted octanol–water partition coefficient (Wildman–Crippen LogP) is 2.07. The van der Waals surface area contributed by atoms with Gasteiger partial charge in [-0.1, -0.05) is 6.07 Å². The molecule has 0 radical (unpaired) electrons. The van der Waals surface area contributed by atoms with Crippen molar-refractivity contribution >= 4 is 6.41 Å². The summed E-state index contributed by atoms with van der Waals surface area (Å²) in [7, 11) is 0. The molecule has 1 aromatic rings. The Bertz CT molecular complexity index is 334. The summed E-state index contributed by atoms with van der Waals surface area (Å²) in [5.41, 5.74) is 2.18. The standard InChI is InChI=1S/C12H16N2O/c1-10-5-6-11(8-13-10)12-4-2-3-7-14(12)9-15/h5-6,8-9,12H,2-4,7H2,1H3/t12-/m1/s1. The molecule has 1 amide bonds. The van der Waals surface area contributed by atoms with Crippen LogP contribution in [0.4, 0.5) is 0 Å². The van der Waals surface area contributed by atoms with Crippen molar-refractivity contribution in [3.8, 4) is 0 Å². The minimum absolute atomic E-state index is 0.240. The van der Waals surface area contributed by atoms with Crippen LogP contribution < -0.4 is 0 Å². The Kier molecular flexibility index (Phi) is 2.99. The van der Waals surface area contributed by atoms with Gasteiger partial charge in [0.25, 0.3) is 0 Å². The number of piperidine rings is 1. The molecule has 0 unspecified atom stereocenters. The zero-order valence-electron chi connectivity index (χ0n) is 9.02. The van der Waals surface area contributed by atoms with Crippen LogP contribution in [0.25, 0.3) is 0 Å². The number of pyridine rings is 1. The van der Waals surface area contributed by atoms with Crippen LogP contribution in [-0.2, 0) is 4.79 Å². The van der Waals surface area contributed by atoms with E-state index in [-0.39, 0.29) is 6.04 Å². The van der Waals surface area contributed by atoms with Crippen LogP contribution in [0, 0.1) is 6.92 Å². The lowest BCUT2D eigenvalue weighted by molar-refractivity contribution is -0.121. The minimum Gasteiger partial charge on any atom is -0.338 e. The van der Waals surface area contributed by atoms with E-state index >= 15 is 0 Å². The van der Waals surface area contributed by atoms with Crippen LogP contribution in [0.15, 0.2) is 18.3 Å². The number of hydrogen-bond acceptors (Lipinski definition) is 2. The Hall–Kier alpha value is -1.38. The Balaban J connectivity index is 2.20. The second-order valence-electron chi connectivity index (χ2n) is 4.09. The highest BCUT2D eigenvalue weighted by molar-refractivity contribution is 5.49. The molecule has 1 aromatic heterocycles. The van der Waals surface area contributed by atoms with E-state index in [0.29, 0.717) is 0 Å². The lowest BCUT2D eigenvalue weighted by Gasteiger charge is -2.32. The Morgan fingerprint density at radius 1 is 1.47 bits per heavy atom. The summed E-state index contributed by atoms with van der Waals surface area (Å²) in [5.74, 6) is 0. The molecule has 3 heteroatoms. The molecule has 80 valence electrons. The van der Waals surface area contributed by atoms with Crippen molar-refractivity contribution in [2.75, 3.05) is 6.54 Å². The molecule has 0 aromatic carbocycles. The molecule has 0 bridgehead atoms. The first-order valence-corrected chi connectivity index (χ1v) is 5.45. The molecular formula is C12H16N2O. The topological polar surface area (TPSA) is 33.2 Å². The molecule has 1 aliphatic rings. The molecule has 1 aliphatic heterocycles. The largest absolute Gasteiger partial charge is 0.338 e. The number of nitrogens with zero attached hydrogens (tertiary/aromatic N) is 2. The van der Waals surface area contributed by atoms with Gasteiger partial charge >= 0.3 is 0 Å². The van der Waals surface area contributed by atoms with Gasteiger partial charge in [-0.05, 0) is 37.8 Å². The predicted molar refractivity (Wildman–Crippen MR) is 58.3 cm³/mol. The Morgan fingerprint density at radius 2 is 2.33 bits per heavy atom. The molecule has 0 N–H and O–H groups in total. The summed E-state index contributed by atoms with van der Waals surface area (Å²) in [6, 6.07) is 4.33. The third-order valence-electron chi connectivity index (χ3n) is 3.00. The summed E-state index contributed by atoms with van der Waals surface area (Å²) in [6.07, 6.45) is 6.23. The zero-order valence-corrected chi connectivity index (χ0v) is 9.02. The summed E-state index contributed by atoms with van der Waals surface area (Å²) < 4.78 is 0. The fourth-order valence-corrected chi connectivity index (χ4v) is 2.11. The highest BCUT2D eigenvalue weighted by atomic mass is 16.1. The molecule has 15 heavy (non-hydrogen) atoms. The van der Waals surface area contributed by atoms with Crippen molar-refractivity contribution in [2.45, 2.75) is 32.2 Å². The van der Waals surface area contributed by atoms with Crippen molar-refractivity contribution in [1.29, 1.82) is 0 Å². The van der Waals surface area contributed by atoms with Gasteiger partial charge in [0.05, 0.1) is 6.04 Å². The fourth-order valence-electron chi connectivity index (χ4n) is 2.11. The van der Waals surface area contributed by atoms with E-state index in [2.05, 4.69) is 11.1 Å². The van der Waals surface area contributed by atoms with Crippen LogP contribution >= 0.6 is 0 Å². The highest BCUT2D eigenvalue weighted by Crippen LogP contribution is 2.28. The molecule has 2 heterocycles. The van der Waals surface area contributed by atoms with Crippen molar-refractivity contribution in [1.82, 2.24) is 9.88 Å². The van der Waals surface area contributed by atoms with Crippen molar-refractivity contribution < 1.29 is 4.79 Å². The SMILES string of the molecule is Cc1ccc([C@H]2CCCCN2C=O)cn1. The summed E-state index contributed by atoms with van der Waals surface area (Å²) in [6.45, 7) is 2.85. The van der Waals surface area contributed by atoms with E-state index < -0.39 is 0 Å². The van der Waals surface area contributed by atoms with Crippen LogP contribution in [0.5, 0.6) is 0 Å². The van der Waals surface area contributed by atoms with Gasteiger partial charge in [0, 0.05) is 18.4 Å². The zero-order chi connectivity index (χ0) is 10.7. The lowest BCUT2D eigenvalue weighted by atomic mass is 9.97. The van der Waals surface area contributed by atoms with Crippen molar-refractivity contribution in [3.63, 3.8) is 0 Å². The second kappa shape index (κ2) is 4.43. The Morgan fingerprint density at radius 3 is 3.00 bits per heavy atom. The van der Waals surface area contributed by atoms with E-state index in [9.17, 15) is 4.79 Å². The first-order valence-electron chi connectivity index (χ1n) is 5.45. The van der Waals surface area contributed by atoms with E-state index in [4.69, 9.17) is 0 Å². The third kappa shape index (κ3) is 2.17. The molecule has 2 rings (SSSR count). The molecule has 1 atom stereocenters. The highest BCUT2D eigenvalue weighted by Gasteiger charge is 2.22. The number of carbonyl (C=O) groups excluding carboxylic acids is 1. The number of amides is 1. The van der Waals surface area contributed by atoms with Crippen LogP contribution in [0.1, 0.15) is 36.6 Å². The summed E-state index contributed by atoms with van der Waals surface area (Å²) in [5, 5.41) is 0. The van der Waals surface area contributed by atoms with Crippen LogP contribution in [0.3, 0.4) is 0 Å². The van der Waals surface area contributed by atoms with E-state index in [1.54, 1.807) is 0 Å². The van der Waals surface area contributed by atoms with E-state index in [1.807, 2.05) is 24.1 Å². The number of hydrogen-bond donors (Lipinski definition) is 0. The molecule has 3 nitrogen and oxygen atoms in total. The van der Waals surface area contributed by atoms with Gasteiger partial charge in [-0.3, -0.25) is 9.78 Å². The molecule has 0 spiro atoms. The molecule has 0 saturated carbocycles. The quantitative estimate of drug-likeness (QED) is 0.691. The van der Waals surface area contributed by atoms with Gasteiger partial charge in [0.1, 0.15) is 0 Å². The van der Waals surface area contributed by atoms with Gasteiger partial charge in [-0.15, -0.1) is 0 Å². The number of rotatable bonds is 2. The fraction of sp³-hybridized carbons (Fsp3) is 0.500. The number of aromatic nitrogens is 1. The maximum absolute atomic E-state index is 10.9. The van der Waals surface area contributed by atoms with Gasteiger partial charge < -0.3 is 4.90 Å². The van der Waals surface area contributed by atoms with Gasteiger partial charge in [-0.2, -0.15) is 0 Å². The maximum atomic E-state index is 10.9. The number of aryl methyl sites for hydroxylation is 1. The summed E-state index contributed by atoms with van der Waals surface area (Å²) >= 11 is 0. The van der Waals surface area contributed by atoms with Gasteiger partial charge in [0.15, 0.2) is 0 Å². The molecule has 0 aliphatic carbocycles. The number of likely N-dealkylation sites (tertiary alicyclic amines) is 1. The van der Waals surface area contributed by atoms with Gasteiger partial charge in [0.2, 0.25) is 6.41 Å². The van der Waals surface area contributed by atoms with Crippen molar-refractivity contribution in [3.05, 3.63) is 29.6 Å². The molecular weight excluding hydrogens is 188 g/mol. The Labute approximate surface area is 90.1 Å². The smallest absolute Gasteiger partial charge is 0.210 e. The lowest BCUT2D eigenvalue weighted by Crippen LogP contribution is -2.32. The second-order valence-corrected chi connectivity index (χ2v) is 4.09. The average Bonchev–Trinajstić information content (AvgIpc) is 2.30. The van der Waals surface area contributed by atoms with E-state index in [1.165, 1.54) is 6.42 Å². The first-order chi connectivity index (χ1) is 7.31. The monoisotopic (exact) mass is 204 g/mol. The first kappa shape index (κ1) is 10.1.